The molecule has 1 aliphatic carbocycles. The fourth-order valence-corrected chi connectivity index (χ4v) is 5.36. The zero-order chi connectivity index (χ0) is 24.9. The Balaban J connectivity index is 1.81. The molecule has 5 atom stereocenters. The van der Waals surface area contributed by atoms with Gasteiger partial charge < -0.3 is 34.5 Å². The number of nitrogens with zero attached hydrogens (tertiary/aromatic N) is 2. The number of aromatic nitrogens is 1. The molecule has 0 amide bonds. The molecular weight excluding hydrogens is 468 g/mol. The van der Waals surface area contributed by atoms with Gasteiger partial charge in [0.15, 0.2) is 6.23 Å². The van der Waals surface area contributed by atoms with Crippen LogP contribution in [-0.4, -0.2) is 63.1 Å². The molecule has 4 N–H and O–H groups in total. The van der Waals surface area contributed by atoms with Crippen LogP contribution in [0, 0.1) is 16.0 Å². The van der Waals surface area contributed by atoms with Gasteiger partial charge in [-0.2, -0.15) is 5.26 Å². The van der Waals surface area contributed by atoms with Crippen LogP contribution < -0.4 is 4.74 Å². The summed E-state index contributed by atoms with van der Waals surface area (Å²) in [5.74, 6) is 0.679. The predicted octanol–water partition coefficient (Wildman–Crippen LogP) is 2.31. The van der Waals surface area contributed by atoms with Crippen molar-refractivity contribution in [3.63, 3.8) is 0 Å². The van der Waals surface area contributed by atoms with Gasteiger partial charge in [-0.3, -0.25) is 0 Å². The van der Waals surface area contributed by atoms with E-state index < -0.39 is 37.3 Å². The van der Waals surface area contributed by atoms with Crippen molar-refractivity contribution >= 4 is 12.2 Å². The van der Waals surface area contributed by atoms with Gasteiger partial charge in [0, 0.05) is 17.5 Å². The van der Waals surface area contributed by atoms with Crippen molar-refractivity contribution in [2.24, 2.45) is 0 Å². The molecule has 0 bridgehead atoms. The first-order valence-corrected chi connectivity index (χ1v) is 11.6. The standard InChI is InChI=1S/C26H24N2O6S/c1-33-15-8-6-13(7-9-15)20-17-10-14-4-2-3-5-16(14)21(17)28(26(35)18(20)11-27)25-24(32)23(31)22(30)19(12-29)34-25/h2-9,19,22-25,29-32H,10,12H2,1H3/t19-,22-,23+,24-,25-/m1/s1. The SMILES string of the molecule is COc1ccc(-c2c3c(n([C@@H]4O[C@H](CO)[C@@H](O)[C@H](O)[C@H]4O)c(=S)c2C#N)-c2ccccc2C3)cc1. The van der Waals surface area contributed by atoms with E-state index >= 15 is 0 Å². The maximum Gasteiger partial charge on any atom is 0.164 e. The molecule has 2 aliphatic rings. The van der Waals surface area contributed by atoms with Crippen LogP contribution in [0.1, 0.15) is 22.9 Å². The Hall–Kier alpha value is -3.10. The lowest BCUT2D eigenvalue weighted by atomic mass is 9.93. The Bertz CT molecular complexity index is 1380. The Morgan fingerprint density at radius 3 is 2.46 bits per heavy atom. The van der Waals surface area contributed by atoms with E-state index in [-0.39, 0.29) is 10.2 Å². The fourth-order valence-electron chi connectivity index (χ4n) is 5.02. The van der Waals surface area contributed by atoms with Crippen molar-refractivity contribution in [2.75, 3.05) is 13.7 Å². The zero-order valence-electron chi connectivity index (χ0n) is 18.8. The number of rotatable bonds is 4. The highest BCUT2D eigenvalue weighted by atomic mass is 32.1. The third kappa shape index (κ3) is 3.67. The van der Waals surface area contributed by atoms with E-state index in [0.29, 0.717) is 23.4 Å². The molecule has 5 rings (SSSR count). The molecule has 2 heterocycles. The number of aliphatic hydroxyl groups excluding tert-OH is 4. The minimum absolute atomic E-state index is 0.123. The fraction of sp³-hybridized carbons (Fsp3) is 0.308. The minimum Gasteiger partial charge on any atom is -0.497 e. The Morgan fingerprint density at radius 2 is 1.80 bits per heavy atom. The Labute approximate surface area is 206 Å². The van der Waals surface area contributed by atoms with Gasteiger partial charge in [-0.05, 0) is 28.8 Å². The van der Waals surface area contributed by atoms with E-state index in [4.69, 9.17) is 21.7 Å². The number of nitriles is 1. The number of hydrogen-bond donors (Lipinski definition) is 4. The highest BCUT2D eigenvalue weighted by Crippen LogP contribution is 2.46. The second-order valence-corrected chi connectivity index (χ2v) is 9.03. The topological polar surface area (TPSA) is 128 Å². The van der Waals surface area contributed by atoms with Crippen LogP contribution in [0.3, 0.4) is 0 Å². The molecule has 0 saturated carbocycles. The highest BCUT2D eigenvalue weighted by molar-refractivity contribution is 7.71. The van der Waals surface area contributed by atoms with Crippen molar-refractivity contribution < 1.29 is 29.9 Å². The van der Waals surface area contributed by atoms with E-state index in [1.54, 1.807) is 11.7 Å². The molecule has 35 heavy (non-hydrogen) atoms. The van der Waals surface area contributed by atoms with Gasteiger partial charge in [0.1, 0.15) is 40.9 Å². The number of methoxy groups -OCH3 is 1. The smallest absolute Gasteiger partial charge is 0.164 e. The normalized spacial score (nSPS) is 25.0. The summed E-state index contributed by atoms with van der Waals surface area (Å²) in [5.41, 5.74) is 5.09. The number of fused-ring (bicyclic) bond motifs is 3. The second-order valence-electron chi connectivity index (χ2n) is 8.65. The lowest BCUT2D eigenvalue weighted by molar-refractivity contribution is -0.251. The molecule has 9 heteroatoms. The number of pyridine rings is 1. The van der Waals surface area contributed by atoms with Crippen LogP contribution in [0.15, 0.2) is 48.5 Å². The molecule has 0 radical (unpaired) electrons. The van der Waals surface area contributed by atoms with E-state index in [1.807, 2.05) is 48.5 Å². The van der Waals surface area contributed by atoms with Crippen LogP contribution in [0.5, 0.6) is 5.75 Å². The molecule has 1 aliphatic heterocycles. The largest absolute Gasteiger partial charge is 0.497 e. The van der Waals surface area contributed by atoms with Gasteiger partial charge in [0.25, 0.3) is 0 Å². The van der Waals surface area contributed by atoms with E-state index in [2.05, 4.69) is 6.07 Å². The van der Waals surface area contributed by atoms with Crippen molar-refractivity contribution in [2.45, 2.75) is 37.1 Å². The monoisotopic (exact) mass is 492 g/mol. The highest BCUT2D eigenvalue weighted by Gasteiger charge is 2.46. The summed E-state index contributed by atoms with van der Waals surface area (Å²) in [7, 11) is 1.58. The number of aliphatic hydroxyl groups is 4. The first kappa shape index (κ1) is 23.6. The average Bonchev–Trinajstić information content (AvgIpc) is 3.26. The van der Waals surface area contributed by atoms with Gasteiger partial charge in [-0.15, -0.1) is 0 Å². The van der Waals surface area contributed by atoms with Crippen LogP contribution in [0.2, 0.25) is 0 Å². The number of ether oxygens (including phenoxy) is 2. The lowest BCUT2D eigenvalue weighted by Gasteiger charge is -2.41. The predicted molar refractivity (Wildman–Crippen MR) is 129 cm³/mol. The van der Waals surface area contributed by atoms with Crippen LogP contribution in [0.4, 0.5) is 0 Å². The van der Waals surface area contributed by atoms with Gasteiger partial charge >= 0.3 is 0 Å². The van der Waals surface area contributed by atoms with Gasteiger partial charge in [-0.1, -0.05) is 48.6 Å². The first-order valence-electron chi connectivity index (χ1n) is 11.2. The third-order valence-corrected chi connectivity index (χ3v) is 7.16. The number of hydrogen-bond acceptors (Lipinski definition) is 8. The molecule has 3 aromatic rings. The summed E-state index contributed by atoms with van der Waals surface area (Å²) in [6, 6.07) is 17.3. The average molecular weight is 493 g/mol. The summed E-state index contributed by atoms with van der Waals surface area (Å²) in [6.45, 7) is -0.567. The molecular formula is C26H24N2O6S. The van der Waals surface area contributed by atoms with E-state index in [9.17, 15) is 25.7 Å². The van der Waals surface area contributed by atoms with Crippen molar-refractivity contribution in [3.8, 4) is 34.2 Å². The van der Waals surface area contributed by atoms with Crippen LogP contribution >= 0.6 is 12.2 Å². The van der Waals surface area contributed by atoms with Gasteiger partial charge in [0.05, 0.1) is 25.0 Å². The van der Waals surface area contributed by atoms with E-state index in [0.717, 1.165) is 22.3 Å². The van der Waals surface area contributed by atoms with E-state index in [1.165, 1.54) is 0 Å². The summed E-state index contributed by atoms with van der Waals surface area (Å²) in [5, 5.41) is 51.6. The van der Waals surface area contributed by atoms with Crippen molar-refractivity contribution in [1.82, 2.24) is 4.57 Å². The first-order chi connectivity index (χ1) is 16.9. The van der Waals surface area contributed by atoms with Crippen molar-refractivity contribution in [1.29, 1.82) is 5.26 Å². The molecule has 180 valence electrons. The lowest BCUT2D eigenvalue weighted by Crippen LogP contribution is -2.56. The van der Waals surface area contributed by atoms with Gasteiger partial charge in [-0.25, -0.2) is 0 Å². The molecule has 1 fully saturated rings. The maximum atomic E-state index is 10.9. The Kier molecular flexibility index (Phi) is 6.19. The van der Waals surface area contributed by atoms with Gasteiger partial charge in [0.2, 0.25) is 0 Å². The Morgan fingerprint density at radius 1 is 1.09 bits per heavy atom. The summed E-state index contributed by atoms with van der Waals surface area (Å²) >= 11 is 5.79. The molecule has 1 saturated heterocycles. The molecule has 0 unspecified atom stereocenters. The third-order valence-electron chi connectivity index (χ3n) is 6.76. The van der Waals surface area contributed by atoms with Crippen LogP contribution in [-0.2, 0) is 11.2 Å². The summed E-state index contributed by atoms with van der Waals surface area (Å²) in [4.78, 5) is 0. The molecule has 1 aromatic heterocycles. The summed E-state index contributed by atoms with van der Waals surface area (Å²) < 4.78 is 12.8. The minimum atomic E-state index is -1.58. The second kappa shape index (κ2) is 9.17. The molecule has 2 aromatic carbocycles. The van der Waals surface area contributed by atoms with Crippen LogP contribution in [0.25, 0.3) is 22.4 Å². The maximum absolute atomic E-state index is 10.9. The molecule has 8 nitrogen and oxygen atoms in total. The number of benzene rings is 2. The quantitative estimate of drug-likeness (QED) is 0.320. The molecule has 0 spiro atoms. The zero-order valence-corrected chi connectivity index (χ0v) is 19.6. The summed E-state index contributed by atoms with van der Waals surface area (Å²) in [6.07, 6.45) is -6.44. The van der Waals surface area contributed by atoms with Crippen molar-refractivity contribution in [3.05, 3.63) is 69.9 Å².